The average molecular weight is 267 g/mol. The van der Waals surface area contributed by atoms with Crippen molar-refractivity contribution in [1.82, 2.24) is 0 Å². The summed E-state index contributed by atoms with van der Waals surface area (Å²) in [6.45, 7) is 3.48. The number of rotatable bonds is 7. The Balaban J connectivity index is 2.80. The zero-order valence-electron chi connectivity index (χ0n) is 10.6. The first-order valence-electron chi connectivity index (χ1n) is 5.98. The van der Waals surface area contributed by atoms with Gasteiger partial charge in [-0.05, 0) is 31.2 Å². The van der Waals surface area contributed by atoms with E-state index in [9.17, 15) is 14.9 Å². The molecule has 1 rings (SSSR count). The molecule has 1 aromatic rings. The molecule has 98 valence electrons. The fourth-order valence-corrected chi connectivity index (χ4v) is 2.54. The molecule has 0 aromatic heterocycles. The van der Waals surface area contributed by atoms with Gasteiger partial charge in [0.1, 0.15) is 0 Å². The zero-order valence-corrected chi connectivity index (χ0v) is 11.5. The predicted octanol–water partition coefficient (Wildman–Crippen LogP) is 4.08. The largest absolute Gasteiger partial charge is 0.294 e. The number of unbranched alkanes of at least 4 members (excludes halogenated alkanes) is 2. The number of nitro groups is 1. The summed E-state index contributed by atoms with van der Waals surface area (Å²) in [5.41, 5.74) is 0.0842. The molecule has 0 aliphatic heterocycles. The summed E-state index contributed by atoms with van der Waals surface area (Å²) >= 11 is 1.60. The maximum atomic E-state index is 11.3. The summed E-state index contributed by atoms with van der Waals surface area (Å²) in [4.78, 5) is 22.5. The smallest absolute Gasteiger partial charge is 0.281 e. The molecule has 0 radical (unpaired) electrons. The van der Waals surface area contributed by atoms with Crippen LogP contribution in [0, 0.1) is 10.1 Å². The topological polar surface area (TPSA) is 60.2 Å². The lowest BCUT2D eigenvalue weighted by Gasteiger charge is -2.03. The number of benzene rings is 1. The van der Waals surface area contributed by atoms with Gasteiger partial charge in [-0.1, -0.05) is 19.8 Å². The molecule has 5 heteroatoms. The number of carbonyl (C=O) groups is 1. The number of Topliss-reactive ketones (excluding diaryl/α,β-unsaturated/α-hetero) is 1. The standard InChI is InChI=1S/C13H17NO3S/c1-3-4-5-8-18-11-6-7-12(10(2)15)13(9-11)14(16)17/h6-7,9H,3-5,8H2,1-2H3. The molecule has 0 atom stereocenters. The summed E-state index contributed by atoms with van der Waals surface area (Å²) in [6, 6.07) is 4.82. The van der Waals surface area contributed by atoms with Crippen molar-refractivity contribution in [3.63, 3.8) is 0 Å². The van der Waals surface area contributed by atoms with Crippen molar-refractivity contribution in [3.05, 3.63) is 33.9 Å². The third-order valence-corrected chi connectivity index (χ3v) is 3.64. The lowest BCUT2D eigenvalue weighted by atomic mass is 10.1. The van der Waals surface area contributed by atoms with Crippen LogP contribution in [-0.4, -0.2) is 16.5 Å². The van der Waals surface area contributed by atoms with Crippen LogP contribution in [0.4, 0.5) is 5.69 Å². The van der Waals surface area contributed by atoms with Crippen LogP contribution in [0.15, 0.2) is 23.1 Å². The molecule has 0 aliphatic carbocycles. The Labute approximate surface area is 111 Å². The van der Waals surface area contributed by atoms with Gasteiger partial charge in [0.05, 0.1) is 10.5 Å². The molecule has 0 saturated carbocycles. The van der Waals surface area contributed by atoms with Crippen molar-refractivity contribution in [3.8, 4) is 0 Å². The van der Waals surface area contributed by atoms with Crippen LogP contribution < -0.4 is 0 Å². The van der Waals surface area contributed by atoms with Gasteiger partial charge in [0.15, 0.2) is 5.78 Å². The van der Waals surface area contributed by atoms with Crippen LogP contribution in [0.5, 0.6) is 0 Å². The highest BCUT2D eigenvalue weighted by molar-refractivity contribution is 7.99. The van der Waals surface area contributed by atoms with Crippen LogP contribution in [-0.2, 0) is 0 Å². The number of carbonyl (C=O) groups excluding carboxylic acids is 1. The van der Waals surface area contributed by atoms with Crippen molar-refractivity contribution in [2.45, 2.75) is 38.0 Å². The second kappa shape index (κ2) is 7.16. The minimum Gasteiger partial charge on any atom is -0.294 e. The van der Waals surface area contributed by atoms with Gasteiger partial charge in [0, 0.05) is 11.0 Å². The molecule has 18 heavy (non-hydrogen) atoms. The van der Waals surface area contributed by atoms with E-state index in [0.717, 1.165) is 23.5 Å². The second-order valence-electron chi connectivity index (χ2n) is 4.05. The highest BCUT2D eigenvalue weighted by Gasteiger charge is 2.17. The van der Waals surface area contributed by atoms with E-state index in [1.807, 2.05) is 0 Å². The van der Waals surface area contributed by atoms with E-state index in [-0.39, 0.29) is 17.0 Å². The molecule has 0 unspecified atom stereocenters. The van der Waals surface area contributed by atoms with Gasteiger partial charge in [-0.3, -0.25) is 14.9 Å². The average Bonchev–Trinajstić information content (AvgIpc) is 2.34. The summed E-state index contributed by atoms with van der Waals surface area (Å²) in [5, 5.41) is 10.9. The Kier molecular flexibility index (Phi) is 5.85. The van der Waals surface area contributed by atoms with Crippen LogP contribution in [0.25, 0.3) is 0 Å². The first-order valence-corrected chi connectivity index (χ1v) is 6.97. The number of nitro benzene ring substituents is 1. The van der Waals surface area contributed by atoms with Crippen molar-refractivity contribution in [1.29, 1.82) is 0 Å². The SMILES string of the molecule is CCCCCSc1ccc(C(C)=O)c([N+](=O)[O-])c1. The van der Waals surface area contributed by atoms with Crippen molar-refractivity contribution in [2.75, 3.05) is 5.75 Å². The van der Waals surface area contributed by atoms with Gasteiger partial charge in [-0.25, -0.2) is 0 Å². The van der Waals surface area contributed by atoms with Gasteiger partial charge in [-0.2, -0.15) is 0 Å². The molecule has 0 saturated heterocycles. The molecule has 0 amide bonds. The molecular formula is C13H17NO3S. The van der Waals surface area contributed by atoms with Gasteiger partial charge in [0.2, 0.25) is 0 Å². The molecule has 0 heterocycles. The summed E-state index contributed by atoms with van der Waals surface area (Å²) in [6.07, 6.45) is 3.42. The lowest BCUT2D eigenvalue weighted by molar-refractivity contribution is -0.385. The number of ketones is 1. The quantitative estimate of drug-likeness (QED) is 0.245. The molecule has 4 nitrogen and oxygen atoms in total. The van der Waals surface area contributed by atoms with Gasteiger partial charge < -0.3 is 0 Å². The summed E-state index contributed by atoms with van der Waals surface area (Å²) in [7, 11) is 0. The molecule has 0 aliphatic rings. The molecule has 0 N–H and O–H groups in total. The highest BCUT2D eigenvalue weighted by Crippen LogP contribution is 2.27. The molecule has 0 spiro atoms. The number of hydrogen-bond donors (Lipinski definition) is 0. The molecule has 1 aromatic carbocycles. The lowest BCUT2D eigenvalue weighted by Crippen LogP contribution is -2.00. The second-order valence-corrected chi connectivity index (χ2v) is 5.22. The zero-order chi connectivity index (χ0) is 13.5. The van der Waals surface area contributed by atoms with E-state index in [1.54, 1.807) is 23.9 Å². The maximum absolute atomic E-state index is 11.3. The van der Waals surface area contributed by atoms with Crippen LogP contribution in [0.2, 0.25) is 0 Å². The van der Waals surface area contributed by atoms with E-state index < -0.39 is 4.92 Å². The maximum Gasteiger partial charge on any atom is 0.281 e. The van der Waals surface area contributed by atoms with E-state index in [4.69, 9.17) is 0 Å². The third kappa shape index (κ3) is 4.14. The van der Waals surface area contributed by atoms with Crippen LogP contribution >= 0.6 is 11.8 Å². The van der Waals surface area contributed by atoms with Crippen molar-refractivity contribution >= 4 is 23.2 Å². The fourth-order valence-electron chi connectivity index (χ4n) is 1.59. The van der Waals surface area contributed by atoms with Gasteiger partial charge in [-0.15, -0.1) is 11.8 Å². The van der Waals surface area contributed by atoms with Gasteiger partial charge in [0.25, 0.3) is 5.69 Å². The first-order chi connectivity index (χ1) is 8.56. The van der Waals surface area contributed by atoms with Gasteiger partial charge >= 0.3 is 0 Å². The Morgan fingerprint density at radius 1 is 1.39 bits per heavy atom. The predicted molar refractivity (Wildman–Crippen MR) is 73.3 cm³/mol. The van der Waals surface area contributed by atoms with E-state index in [0.29, 0.717) is 0 Å². The first kappa shape index (κ1) is 14.7. The summed E-state index contributed by atoms with van der Waals surface area (Å²) < 4.78 is 0. The number of hydrogen-bond acceptors (Lipinski definition) is 4. The summed E-state index contributed by atoms with van der Waals surface area (Å²) in [5.74, 6) is 0.675. The molecular weight excluding hydrogens is 250 g/mol. The highest BCUT2D eigenvalue weighted by atomic mass is 32.2. The Morgan fingerprint density at radius 2 is 2.11 bits per heavy atom. The van der Waals surface area contributed by atoms with Crippen LogP contribution in [0.3, 0.4) is 0 Å². The minimum atomic E-state index is -0.493. The Hall–Kier alpha value is -1.36. The van der Waals surface area contributed by atoms with Crippen molar-refractivity contribution < 1.29 is 9.72 Å². The molecule has 0 fully saturated rings. The van der Waals surface area contributed by atoms with Crippen LogP contribution in [0.1, 0.15) is 43.5 Å². The van der Waals surface area contributed by atoms with E-state index in [1.165, 1.54) is 19.4 Å². The minimum absolute atomic E-state index is 0.0945. The number of nitrogens with zero attached hydrogens (tertiary/aromatic N) is 1. The number of thioether (sulfide) groups is 1. The fraction of sp³-hybridized carbons (Fsp3) is 0.462. The van der Waals surface area contributed by atoms with Crippen molar-refractivity contribution in [2.24, 2.45) is 0 Å². The van der Waals surface area contributed by atoms with E-state index in [2.05, 4.69) is 6.92 Å². The molecule has 0 bridgehead atoms. The Bertz CT molecular complexity index is 446. The third-order valence-electron chi connectivity index (χ3n) is 2.56. The Morgan fingerprint density at radius 3 is 2.67 bits per heavy atom. The monoisotopic (exact) mass is 267 g/mol. The normalized spacial score (nSPS) is 10.3. The van der Waals surface area contributed by atoms with E-state index >= 15 is 0 Å².